The fraction of sp³-hybridized carbons (Fsp3) is 1.00. The van der Waals surface area contributed by atoms with E-state index in [9.17, 15) is 0 Å². The molecule has 0 amide bonds. The second-order valence-electron chi connectivity index (χ2n) is 2.79. The Morgan fingerprint density at radius 3 is 1.79 bits per heavy atom. The highest BCUT2D eigenvalue weighted by molar-refractivity contribution is 4.40. The zero-order chi connectivity index (χ0) is 10.8. The zero-order valence-electron chi connectivity index (χ0n) is 9.62. The number of hydrogen-bond donors (Lipinski definition) is 0. The van der Waals surface area contributed by atoms with Crippen LogP contribution in [0.25, 0.3) is 0 Å². The third-order valence-corrected chi connectivity index (χ3v) is 1.59. The monoisotopic (exact) mass is 206 g/mol. The summed E-state index contributed by atoms with van der Waals surface area (Å²) in [6.45, 7) is 10.7. The van der Waals surface area contributed by atoms with Crippen LogP contribution in [-0.2, 0) is 18.9 Å². The van der Waals surface area contributed by atoms with E-state index >= 15 is 0 Å². The van der Waals surface area contributed by atoms with Crippen molar-refractivity contribution in [3.05, 3.63) is 0 Å². The lowest BCUT2D eigenvalue weighted by atomic mass is 10.7. The molecule has 0 radical (unpaired) electrons. The van der Waals surface area contributed by atoms with Gasteiger partial charge in [0.15, 0.2) is 12.6 Å². The molecule has 0 aromatic carbocycles. The summed E-state index contributed by atoms with van der Waals surface area (Å²) in [5.41, 5.74) is 0. The molecule has 0 aromatic heterocycles. The van der Waals surface area contributed by atoms with Crippen molar-refractivity contribution >= 4 is 0 Å². The maximum Gasteiger partial charge on any atom is 0.155 e. The van der Waals surface area contributed by atoms with Crippen LogP contribution in [0.4, 0.5) is 0 Å². The molecule has 1 saturated heterocycles. The Morgan fingerprint density at radius 1 is 1.14 bits per heavy atom. The minimum atomic E-state index is -0.0370. The predicted molar refractivity (Wildman–Crippen MR) is 54.1 cm³/mol. The van der Waals surface area contributed by atoms with E-state index in [1.54, 1.807) is 0 Å². The number of hydrogen-bond acceptors (Lipinski definition) is 4. The molecule has 0 bridgehead atoms. The summed E-state index contributed by atoms with van der Waals surface area (Å²) in [4.78, 5) is 0. The number of rotatable bonds is 4. The van der Waals surface area contributed by atoms with Crippen LogP contribution in [0, 0.1) is 0 Å². The Morgan fingerprint density at radius 2 is 1.57 bits per heavy atom. The third kappa shape index (κ3) is 8.44. The highest BCUT2D eigenvalue weighted by atomic mass is 16.7. The normalized spacial score (nSPS) is 16.9. The molecule has 4 heteroatoms. The van der Waals surface area contributed by atoms with Crippen molar-refractivity contribution in [2.24, 2.45) is 0 Å². The van der Waals surface area contributed by atoms with Crippen LogP contribution in [0.5, 0.6) is 0 Å². The van der Waals surface area contributed by atoms with Crippen LogP contribution >= 0.6 is 0 Å². The summed E-state index contributed by atoms with van der Waals surface area (Å²) >= 11 is 0. The molecule has 1 rings (SSSR count). The van der Waals surface area contributed by atoms with Gasteiger partial charge in [0.2, 0.25) is 0 Å². The summed E-state index contributed by atoms with van der Waals surface area (Å²) in [6.07, 6.45) is 0.00926. The molecule has 0 unspecified atom stereocenters. The average molecular weight is 206 g/mol. The largest absolute Gasteiger partial charge is 0.353 e. The van der Waals surface area contributed by atoms with Crippen LogP contribution in [0.1, 0.15) is 27.7 Å². The molecule has 0 atom stereocenters. The fourth-order valence-corrected chi connectivity index (χ4v) is 0.994. The predicted octanol–water partition coefficient (Wildman–Crippen LogP) is 1.78. The molecule has 1 fully saturated rings. The minimum absolute atomic E-state index is 0.0370. The fourth-order valence-electron chi connectivity index (χ4n) is 0.994. The molecule has 86 valence electrons. The Hall–Kier alpha value is -0.160. The van der Waals surface area contributed by atoms with Gasteiger partial charge in [-0.2, -0.15) is 0 Å². The van der Waals surface area contributed by atoms with Crippen molar-refractivity contribution in [1.82, 2.24) is 0 Å². The highest BCUT2D eigenvalue weighted by Crippen LogP contribution is 1.99. The van der Waals surface area contributed by atoms with Crippen molar-refractivity contribution in [3.63, 3.8) is 0 Å². The zero-order valence-corrected chi connectivity index (χ0v) is 9.62. The van der Waals surface area contributed by atoms with Crippen LogP contribution in [0.3, 0.4) is 0 Å². The van der Waals surface area contributed by atoms with E-state index in [1.807, 2.05) is 27.7 Å². The van der Waals surface area contributed by atoms with E-state index in [2.05, 4.69) is 0 Å². The summed E-state index contributed by atoms with van der Waals surface area (Å²) < 4.78 is 20.0. The standard InChI is InChI=1S/C6H14O2.C4H8O2/c1-4-7-6(3)8-5-2;1-4-5-2-3-6-4/h6H,4-5H2,1-3H3;4H,2-3H2,1H3. The van der Waals surface area contributed by atoms with Gasteiger partial charge >= 0.3 is 0 Å². The van der Waals surface area contributed by atoms with E-state index < -0.39 is 0 Å². The van der Waals surface area contributed by atoms with Gasteiger partial charge in [-0.15, -0.1) is 0 Å². The lowest BCUT2D eigenvalue weighted by Gasteiger charge is -2.09. The van der Waals surface area contributed by atoms with E-state index in [4.69, 9.17) is 18.9 Å². The van der Waals surface area contributed by atoms with Crippen LogP contribution in [-0.4, -0.2) is 39.0 Å². The Labute approximate surface area is 86.5 Å². The molecule has 1 aliphatic rings. The van der Waals surface area contributed by atoms with Crippen molar-refractivity contribution in [1.29, 1.82) is 0 Å². The van der Waals surface area contributed by atoms with Gasteiger partial charge in [0, 0.05) is 13.2 Å². The third-order valence-electron chi connectivity index (χ3n) is 1.59. The second kappa shape index (κ2) is 9.40. The van der Waals surface area contributed by atoms with Crippen molar-refractivity contribution in [2.75, 3.05) is 26.4 Å². The van der Waals surface area contributed by atoms with E-state index in [1.165, 1.54) is 0 Å². The summed E-state index contributed by atoms with van der Waals surface area (Å²) in [7, 11) is 0. The molecule has 0 N–H and O–H groups in total. The smallest absolute Gasteiger partial charge is 0.155 e. The summed E-state index contributed by atoms with van der Waals surface area (Å²) in [5.74, 6) is 0. The van der Waals surface area contributed by atoms with Crippen molar-refractivity contribution in [2.45, 2.75) is 40.3 Å². The summed E-state index contributed by atoms with van der Waals surface area (Å²) in [6, 6.07) is 0. The lowest BCUT2D eigenvalue weighted by Crippen LogP contribution is -2.11. The van der Waals surface area contributed by atoms with Gasteiger partial charge in [-0.05, 0) is 27.7 Å². The van der Waals surface area contributed by atoms with Gasteiger partial charge < -0.3 is 18.9 Å². The second-order valence-corrected chi connectivity index (χ2v) is 2.79. The Balaban J connectivity index is 0.000000249. The molecule has 1 aliphatic heterocycles. The quantitative estimate of drug-likeness (QED) is 0.657. The first-order chi connectivity index (χ1) is 6.70. The molecule has 0 aliphatic carbocycles. The van der Waals surface area contributed by atoms with Gasteiger partial charge in [-0.3, -0.25) is 0 Å². The van der Waals surface area contributed by atoms with Gasteiger partial charge in [-0.1, -0.05) is 0 Å². The molecule has 14 heavy (non-hydrogen) atoms. The van der Waals surface area contributed by atoms with Crippen molar-refractivity contribution in [3.8, 4) is 0 Å². The first kappa shape index (κ1) is 13.8. The van der Waals surface area contributed by atoms with E-state index in [-0.39, 0.29) is 12.6 Å². The Kier molecular flexibility index (Phi) is 9.29. The first-order valence-electron chi connectivity index (χ1n) is 5.17. The topological polar surface area (TPSA) is 36.9 Å². The molecule has 0 spiro atoms. The number of ether oxygens (including phenoxy) is 4. The molecule has 4 nitrogen and oxygen atoms in total. The van der Waals surface area contributed by atoms with Crippen LogP contribution in [0.2, 0.25) is 0 Å². The molecule has 0 aromatic rings. The maximum atomic E-state index is 5.06. The van der Waals surface area contributed by atoms with Gasteiger partial charge in [0.1, 0.15) is 0 Å². The molecule has 1 heterocycles. The van der Waals surface area contributed by atoms with E-state index in [0.717, 1.165) is 26.4 Å². The van der Waals surface area contributed by atoms with Gasteiger partial charge in [-0.25, -0.2) is 0 Å². The highest BCUT2D eigenvalue weighted by Gasteiger charge is 2.07. The van der Waals surface area contributed by atoms with Crippen molar-refractivity contribution < 1.29 is 18.9 Å². The molecular formula is C10H22O4. The maximum absolute atomic E-state index is 5.06. The molecule has 0 saturated carbocycles. The lowest BCUT2D eigenvalue weighted by molar-refractivity contribution is -0.123. The van der Waals surface area contributed by atoms with Crippen LogP contribution in [0.15, 0.2) is 0 Å². The van der Waals surface area contributed by atoms with Gasteiger partial charge in [0.25, 0.3) is 0 Å². The summed E-state index contributed by atoms with van der Waals surface area (Å²) in [5, 5.41) is 0. The minimum Gasteiger partial charge on any atom is -0.353 e. The SMILES string of the molecule is CC1OCCO1.CCOC(C)OCC. The Bertz CT molecular complexity index is 107. The van der Waals surface area contributed by atoms with Crippen LogP contribution < -0.4 is 0 Å². The molecular weight excluding hydrogens is 184 g/mol. The first-order valence-corrected chi connectivity index (χ1v) is 5.17. The average Bonchev–Trinajstić information content (AvgIpc) is 2.58. The van der Waals surface area contributed by atoms with Gasteiger partial charge in [0.05, 0.1) is 13.2 Å². The van der Waals surface area contributed by atoms with E-state index in [0.29, 0.717) is 0 Å².